The first-order chi connectivity index (χ1) is 21.5. The lowest BCUT2D eigenvalue weighted by molar-refractivity contribution is -0.139. The third-order valence-corrected chi connectivity index (χ3v) is 8.30. The Labute approximate surface area is 257 Å². The highest BCUT2D eigenvalue weighted by molar-refractivity contribution is 7.07. The van der Waals surface area contributed by atoms with Crippen LogP contribution in [0.25, 0.3) is 6.08 Å². The minimum atomic E-state index is -0.740. The maximum Gasteiger partial charge on any atom is 0.338 e. The number of carbonyl (C=O) groups is 1. The third kappa shape index (κ3) is 5.62. The van der Waals surface area contributed by atoms with Crippen LogP contribution in [0.5, 0.6) is 17.2 Å². The van der Waals surface area contributed by atoms with E-state index in [1.807, 2.05) is 67.6 Å². The van der Waals surface area contributed by atoms with Gasteiger partial charge in [-0.25, -0.2) is 9.79 Å². The molecule has 1 atom stereocenters. The van der Waals surface area contributed by atoms with Crippen molar-refractivity contribution in [2.75, 3.05) is 13.4 Å². The number of allylic oxidation sites excluding steroid dienone is 1. The normalized spacial score (nSPS) is 15.4. The molecule has 0 bridgehead atoms. The highest BCUT2D eigenvalue weighted by atomic mass is 32.1. The standard InChI is InChI=1S/C34H29N3O6S/c1-3-7-26-30(33(39)40-4-2)31(22-12-15-27-28(17-22)43-20-42-27)37-32(38)29(44-34(37)36-26)16-21-10-13-25(14-11-21)41-19-24-9-6-5-8-23(24)18-35/h5-6,8-17,31H,3-4,7,19-20H2,1-2H3/b29-16+/t31-/m1/s1. The zero-order chi connectivity index (χ0) is 30.6. The van der Waals surface area contributed by atoms with Crippen molar-refractivity contribution in [1.82, 2.24) is 4.57 Å². The minimum absolute atomic E-state index is 0.111. The molecule has 0 aliphatic carbocycles. The fourth-order valence-electron chi connectivity index (χ4n) is 5.25. The second kappa shape index (κ2) is 12.6. The number of hydrogen-bond donors (Lipinski definition) is 0. The van der Waals surface area contributed by atoms with E-state index >= 15 is 0 Å². The Morgan fingerprint density at radius 2 is 1.91 bits per heavy atom. The average Bonchev–Trinajstić information content (AvgIpc) is 3.64. The summed E-state index contributed by atoms with van der Waals surface area (Å²) in [4.78, 5) is 32.7. The van der Waals surface area contributed by atoms with Crippen molar-refractivity contribution in [1.29, 1.82) is 5.26 Å². The lowest BCUT2D eigenvalue weighted by Crippen LogP contribution is -2.40. The van der Waals surface area contributed by atoms with Crippen LogP contribution in [0.3, 0.4) is 0 Å². The molecule has 0 unspecified atom stereocenters. The number of thiazole rings is 1. The van der Waals surface area contributed by atoms with Crippen molar-refractivity contribution in [2.45, 2.75) is 39.3 Å². The number of hydrogen-bond acceptors (Lipinski definition) is 9. The Morgan fingerprint density at radius 3 is 2.68 bits per heavy atom. The summed E-state index contributed by atoms with van der Waals surface area (Å²) < 4.78 is 24.5. The summed E-state index contributed by atoms with van der Waals surface area (Å²) in [7, 11) is 0. The van der Waals surface area contributed by atoms with E-state index in [-0.39, 0.29) is 25.6 Å². The predicted molar refractivity (Wildman–Crippen MR) is 164 cm³/mol. The molecule has 10 heteroatoms. The largest absolute Gasteiger partial charge is 0.489 e. The van der Waals surface area contributed by atoms with Gasteiger partial charge in [0, 0.05) is 5.56 Å². The molecule has 3 aromatic carbocycles. The fraction of sp³-hybridized carbons (Fsp3) is 0.235. The molecule has 9 nitrogen and oxygen atoms in total. The van der Waals surface area contributed by atoms with Crippen molar-refractivity contribution < 1.29 is 23.7 Å². The van der Waals surface area contributed by atoms with Crippen LogP contribution in [0.4, 0.5) is 0 Å². The molecule has 6 rings (SSSR count). The summed E-state index contributed by atoms with van der Waals surface area (Å²) in [6.45, 7) is 4.35. The number of nitriles is 1. The van der Waals surface area contributed by atoms with Crippen molar-refractivity contribution in [3.8, 4) is 23.3 Å². The molecule has 44 heavy (non-hydrogen) atoms. The maximum atomic E-state index is 14.0. The molecule has 0 N–H and O–H groups in total. The topological polar surface area (TPSA) is 112 Å². The van der Waals surface area contributed by atoms with E-state index in [2.05, 4.69) is 6.07 Å². The molecule has 3 heterocycles. The summed E-state index contributed by atoms with van der Waals surface area (Å²) in [6.07, 6.45) is 3.13. The first kappa shape index (κ1) is 29.0. The van der Waals surface area contributed by atoms with E-state index in [0.717, 1.165) is 17.5 Å². The van der Waals surface area contributed by atoms with Gasteiger partial charge in [0.15, 0.2) is 16.3 Å². The van der Waals surface area contributed by atoms with Gasteiger partial charge in [0.1, 0.15) is 12.4 Å². The first-order valence-electron chi connectivity index (χ1n) is 14.3. The molecule has 0 fully saturated rings. The van der Waals surface area contributed by atoms with Crippen LogP contribution in [0, 0.1) is 11.3 Å². The summed E-state index contributed by atoms with van der Waals surface area (Å²) in [6, 6.07) is 21.6. The van der Waals surface area contributed by atoms with Crippen LogP contribution in [-0.2, 0) is 16.1 Å². The van der Waals surface area contributed by atoms with Gasteiger partial charge in [-0.05, 0) is 60.9 Å². The van der Waals surface area contributed by atoms with E-state index in [1.165, 1.54) is 11.3 Å². The van der Waals surface area contributed by atoms with E-state index in [4.69, 9.17) is 23.9 Å². The van der Waals surface area contributed by atoms with E-state index < -0.39 is 12.0 Å². The first-order valence-corrected chi connectivity index (χ1v) is 15.1. The molecule has 0 spiro atoms. The summed E-state index contributed by atoms with van der Waals surface area (Å²) >= 11 is 1.28. The Kier molecular flexibility index (Phi) is 8.30. The molecular weight excluding hydrogens is 578 g/mol. The van der Waals surface area contributed by atoms with Gasteiger partial charge in [-0.3, -0.25) is 9.36 Å². The van der Waals surface area contributed by atoms with Gasteiger partial charge in [0.05, 0.1) is 40.1 Å². The van der Waals surface area contributed by atoms with Gasteiger partial charge in [0.25, 0.3) is 5.56 Å². The number of benzene rings is 3. The predicted octanol–water partition coefficient (Wildman–Crippen LogP) is 4.76. The molecular formula is C34H29N3O6S. The van der Waals surface area contributed by atoms with E-state index in [9.17, 15) is 14.9 Å². The summed E-state index contributed by atoms with van der Waals surface area (Å²) in [5.74, 6) is 1.31. The third-order valence-electron chi connectivity index (χ3n) is 7.31. The fourth-order valence-corrected chi connectivity index (χ4v) is 6.27. The van der Waals surface area contributed by atoms with Crippen LogP contribution >= 0.6 is 11.3 Å². The lowest BCUT2D eigenvalue weighted by atomic mass is 9.94. The Hall–Kier alpha value is -5.14. The SMILES string of the molecule is CCCC1=C(C(=O)OCC)[C@@H](c2ccc3c(c2)OCO3)n2c(s/c(=C/c3ccc(OCc4ccccc4C#N)cc3)c2=O)=N1. The van der Waals surface area contributed by atoms with Crippen molar-refractivity contribution >= 4 is 23.4 Å². The van der Waals surface area contributed by atoms with Crippen LogP contribution < -0.4 is 29.1 Å². The number of esters is 1. The maximum absolute atomic E-state index is 14.0. The molecule has 0 saturated carbocycles. The number of ether oxygens (including phenoxy) is 4. The number of nitrogens with zero attached hydrogens (tertiary/aromatic N) is 3. The van der Waals surface area contributed by atoms with Gasteiger partial charge in [-0.15, -0.1) is 0 Å². The number of fused-ring (bicyclic) bond motifs is 2. The molecule has 0 radical (unpaired) electrons. The molecule has 2 aliphatic heterocycles. The smallest absolute Gasteiger partial charge is 0.338 e. The van der Waals surface area contributed by atoms with Crippen LogP contribution in [0.1, 0.15) is 55.0 Å². The second-order valence-electron chi connectivity index (χ2n) is 10.2. The number of aromatic nitrogens is 1. The highest BCUT2D eigenvalue weighted by Gasteiger charge is 2.35. The van der Waals surface area contributed by atoms with Crippen molar-refractivity contribution in [2.24, 2.45) is 4.99 Å². The van der Waals surface area contributed by atoms with Crippen molar-refractivity contribution in [3.63, 3.8) is 0 Å². The zero-order valence-corrected chi connectivity index (χ0v) is 25.1. The van der Waals surface area contributed by atoms with Crippen LogP contribution in [0.15, 0.2) is 87.8 Å². The Balaban J connectivity index is 1.38. The Bertz CT molecular complexity index is 1980. The molecule has 222 valence electrons. The van der Waals surface area contributed by atoms with Crippen molar-refractivity contribution in [3.05, 3.63) is 120 Å². The van der Waals surface area contributed by atoms with E-state index in [0.29, 0.717) is 55.4 Å². The molecule has 4 aromatic rings. The number of rotatable bonds is 9. The minimum Gasteiger partial charge on any atom is -0.489 e. The highest BCUT2D eigenvalue weighted by Crippen LogP contribution is 2.38. The van der Waals surface area contributed by atoms with Gasteiger partial charge >= 0.3 is 5.97 Å². The second-order valence-corrected chi connectivity index (χ2v) is 11.2. The summed E-state index contributed by atoms with van der Waals surface area (Å²) in [5.41, 5.74) is 3.59. The quantitative estimate of drug-likeness (QED) is 0.252. The molecule has 2 aliphatic rings. The molecule has 1 aromatic heterocycles. The van der Waals surface area contributed by atoms with E-state index in [1.54, 1.807) is 23.6 Å². The summed E-state index contributed by atoms with van der Waals surface area (Å²) in [5, 5.41) is 9.32. The lowest BCUT2D eigenvalue weighted by Gasteiger charge is -2.25. The van der Waals surface area contributed by atoms with Gasteiger partial charge in [-0.2, -0.15) is 5.26 Å². The van der Waals surface area contributed by atoms with Crippen LogP contribution in [-0.4, -0.2) is 23.9 Å². The molecule has 0 amide bonds. The Morgan fingerprint density at radius 1 is 1.11 bits per heavy atom. The monoisotopic (exact) mass is 607 g/mol. The molecule has 0 saturated heterocycles. The van der Waals surface area contributed by atoms with Gasteiger partial charge in [-0.1, -0.05) is 61.1 Å². The zero-order valence-electron chi connectivity index (χ0n) is 24.2. The van der Waals surface area contributed by atoms with Gasteiger partial charge < -0.3 is 18.9 Å². The average molecular weight is 608 g/mol. The van der Waals surface area contributed by atoms with Gasteiger partial charge in [0.2, 0.25) is 6.79 Å². The van der Waals surface area contributed by atoms with Crippen LogP contribution in [0.2, 0.25) is 0 Å². The number of carbonyl (C=O) groups excluding carboxylic acids is 1.